The van der Waals surface area contributed by atoms with Crippen LogP contribution < -0.4 is 10.5 Å². The summed E-state index contributed by atoms with van der Waals surface area (Å²) in [6.45, 7) is 0.370. The number of hydrogen-bond donors (Lipinski definition) is 1. The Labute approximate surface area is 81.9 Å². The number of rotatable bonds is 3. The Kier molecular flexibility index (Phi) is 2.38. The van der Waals surface area contributed by atoms with Crippen molar-refractivity contribution in [3.63, 3.8) is 0 Å². The summed E-state index contributed by atoms with van der Waals surface area (Å²) in [7, 11) is 0. The van der Waals surface area contributed by atoms with Gasteiger partial charge in [-0.05, 0) is 18.9 Å². The molecule has 1 aliphatic rings. The molecule has 1 aromatic rings. The smallest absolute Gasteiger partial charge is 0.137 e. The summed E-state index contributed by atoms with van der Waals surface area (Å²) in [5, 5.41) is 0.445. The van der Waals surface area contributed by atoms with Gasteiger partial charge in [0, 0.05) is 18.3 Å². The van der Waals surface area contributed by atoms with E-state index < -0.39 is 0 Å². The lowest BCUT2D eigenvalue weighted by molar-refractivity contribution is 0.299. The molecule has 0 atom stereocenters. The zero-order valence-electron chi connectivity index (χ0n) is 7.16. The monoisotopic (exact) mass is 198 g/mol. The van der Waals surface area contributed by atoms with Gasteiger partial charge in [0.05, 0.1) is 6.10 Å². The van der Waals surface area contributed by atoms with E-state index in [-0.39, 0.29) is 0 Å². The SMILES string of the molecule is NCc1c(OC2CC2)ccnc1Cl. The average Bonchev–Trinajstić information content (AvgIpc) is 2.89. The highest BCUT2D eigenvalue weighted by molar-refractivity contribution is 6.30. The maximum Gasteiger partial charge on any atom is 0.137 e. The molecule has 0 saturated heterocycles. The van der Waals surface area contributed by atoms with Crippen LogP contribution in [0.15, 0.2) is 12.3 Å². The van der Waals surface area contributed by atoms with E-state index in [0.717, 1.165) is 24.2 Å². The molecule has 1 aliphatic carbocycles. The van der Waals surface area contributed by atoms with E-state index in [1.807, 2.05) is 6.07 Å². The Morgan fingerprint density at radius 2 is 2.38 bits per heavy atom. The van der Waals surface area contributed by atoms with E-state index in [9.17, 15) is 0 Å². The summed E-state index contributed by atoms with van der Waals surface area (Å²) in [5.74, 6) is 0.782. The van der Waals surface area contributed by atoms with Gasteiger partial charge in [-0.1, -0.05) is 11.6 Å². The molecule has 0 unspecified atom stereocenters. The van der Waals surface area contributed by atoms with Gasteiger partial charge in [-0.3, -0.25) is 0 Å². The molecule has 70 valence electrons. The molecule has 0 bridgehead atoms. The largest absolute Gasteiger partial charge is 0.490 e. The number of ether oxygens (including phenoxy) is 1. The average molecular weight is 199 g/mol. The van der Waals surface area contributed by atoms with Crippen molar-refractivity contribution in [1.82, 2.24) is 4.98 Å². The topological polar surface area (TPSA) is 48.1 Å². The van der Waals surface area contributed by atoms with Gasteiger partial charge in [-0.25, -0.2) is 4.98 Å². The third kappa shape index (κ3) is 1.92. The van der Waals surface area contributed by atoms with Gasteiger partial charge in [-0.2, -0.15) is 0 Å². The maximum absolute atomic E-state index is 5.86. The van der Waals surface area contributed by atoms with Gasteiger partial charge >= 0.3 is 0 Å². The number of nitrogens with zero attached hydrogens (tertiary/aromatic N) is 1. The Bertz CT molecular complexity index is 312. The Balaban J connectivity index is 2.25. The fourth-order valence-electron chi connectivity index (χ4n) is 1.11. The van der Waals surface area contributed by atoms with E-state index in [2.05, 4.69) is 4.98 Å². The molecule has 13 heavy (non-hydrogen) atoms. The van der Waals surface area contributed by atoms with Crippen molar-refractivity contribution in [2.24, 2.45) is 5.73 Å². The lowest BCUT2D eigenvalue weighted by Crippen LogP contribution is -2.05. The molecule has 0 radical (unpaired) electrons. The first-order valence-corrected chi connectivity index (χ1v) is 4.69. The van der Waals surface area contributed by atoms with E-state index in [0.29, 0.717) is 17.8 Å². The second kappa shape index (κ2) is 3.52. The predicted octanol–water partition coefficient (Wildman–Crippen LogP) is 1.73. The highest BCUT2D eigenvalue weighted by atomic mass is 35.5. The number of aromatic nitrogens is 1. The van der Waals surface area contributed by atoms with Crippen LogP contribution in [0.1, 0.15) is 18.4 Å². The van der Waals surface area contributed by atoms with Crippen LogP contribution in [0.5, 0.6) is 5.75 Å². The molecule has 1 aromatic heterocycles. The minimum Gasteiger partial charge on any atom is -0.490 e. The molecule has 1 fully saturated rings. The first-order valence-electron chi connectivity index (χ1n) is 4.31. The van der Waals surface area contributed by atoms with Crippen molar-refractivity contribution >= 4 is 11.6 Å². The van der Waals surface area contributed by atoms with Crippen LogP contribution in [0.25, 0.3) is 0 Å². The highest BCUT2D eigenvalue weighted by Crippen LogP contribution is 2.30. The summed E-state index contributed by atoms with van der Waals surface area (Å²) in [6, 6.07) is 1.81. The zero-order valence-corrected chi connectivity index (χ0v) is 7.92. The number of nitrogens with two attached hydrogens (primary N) is 1. The predicted molar refractivity (Wildman–Crippen MR) is 50.8 cm³/mol. The third-order valence-corrected chi connectivity index (χ3v) is 2.31. The number of hydrogen-bond acceptors (Lipinski definition) is 3. The summed E-state index contributed by atoms with van der Waals surface area (Å²) in [6.07, 6.45) is 4.26. The van der Waals surface area contributed by atoms with Gasteiger partial charge in [0.25, 0.3) is 0 Å². The van der Waals surface area contributed by atoms with Crippen molar-refractivity contribution in [3.8, 4) is 5.75 Å². The fourth-order valence-corrected chi connectivity index (χ4v) is 1.34. The molecule has 2 N–H and O–H groups in total. The van der Waals surface area contributed by atoms with Gasteiger partial charge in [0.2, 0.25) is 0 Å². The van der Waals surface area contributed by atoms with Crippen LogP contribution >= 0.6 is 11.6 Å². The van der Waals surface area contributed by atoms with E-state index in [4.69, 9.17) is 22.1 Å². The summed E-state index contributed by atoms with van der Waals surface area (Å²) in [4.78, 5) is 3.94. The van der Waals surface area contributed by atoms with Crippen LogP contribution in [-0.2, 0) is 6.54 Å². The van der Waals surface area contributed by atoms with E-state index in [1.165, 1.54) is 0 Å². The maximum atomic E-state index is 5.86. The second-order valence-electron chi connectivity index (χ2n) is 3.10. The summed E-state index contributed by atoms with van der Waals surface area (Å²) in [5.41, 5.74) is 6.35. The van der Waals surface area contributed by atoms with Crippen molar-refractivity contribution in [3.05, 3.63) is 23.0 Å². The van der Waals surface area contributed by atoms with E-state index >= 15 is 0 Å². The molecule has 0 spiro atoms. The van der Waals surface area contributed by atoms with Gasteiger partial charge < -0.3 is 10.5 Å². The van der Waals surface area contributed by atoms with Crippen molar-refractivity contribution in [2.45, 2.75) is 25.5 Å². The molecule has 0 amide bonds. The zero-order chi connectivity index (χ0) is 9.26. The second-order valence-corrected chi connectivity index (χ2v) is 3.46. The lowest BCUT2D eigenvalue weighted by atomic mass is 10.2. The molecule has 0 aliphatic heterocycles. The minimum atomic E-state index is 0.365. The van der Waals surface area contributed by atoms with Crippen molar-refractivity contribution in [1.29, 1.82) is 0 Å². The fraction of sp³-hybridized carbons (Fsp3) is 0.444. The first kappa shape index (κ1) is 8.78. The molecule has 4 heteroatoms. The number of pyridine rings is 1. The summed E-state index contributed by atoms with van der Waals surface area (Å²) >= 11 is 5.86. The number of halogens is 1. The summed E-state index contributed by atoms with van der Waals surface area (Å²) < 4.78 is 5.62. The quantitative estimate of drug-likeness (QED) is 0.753. The first-order chi connectivity index (χ1) is 6.31. The Morgan fingerprint density at radius 3 is 3.00 bits per heavy atom. The molecule has 1 saturated carbocycles. The van der Waals surface area contributed by atoms with Gasteiger partial charge in [0.1, 0.15) is 10.9 Å². The molecule has 0 aromatic carbocycles. The molecular weight excluding hydrogens is 188 g/mol. The Morgan fingerprint density at radius 1 is 1.62 bits per heavy atom. The third-order valence-electron chi connectivity index (χ3n) is 1.98. The van der Waals surface area contributed by atoms with Gasteiger partial charge in [-0.15, -0.1) is 0 Å². The molecule has 2 rings (SSSR count). The Hall–Kier alpha value is -0.800. The van der Waals surface area contributed by atoms with Crippen LogP contribution in [0, 0.1) is 0 Å². The molecule has 3 nitrogen and oxygen atoms in total. The van der Waals surface area contributed by atoms with Crippen molar-refractivity contribution < 1.29 is 4.74 Å². The minimum absolute atomic E-state index is 0.365. The van der Waals surface area contributed by atoms with Crippen LogP contribution in [0.2, 0.25) is 5.15 Å². The molecular formula is C9H11ClN2O. The van der Waals surface area contributed by atoms with Crippen molar-refractivity contribution in [2.75, 3.05) is 0 Å². The standard InChI is InChI=1S/C9H11ClN2O/c10-9-7(5-11)8(3-4-12-9)13-6-1-2-6/h3-4,6H,1-2,5,11H2. The van der Waals surface area contributed by atoms with Crippen LogP contribution in [-0.4, -0.2) is 11.1 Å². The lowest BCUT2D eigenvalue weighted by Gasteiger charge is -2.09. The van der Waals surface area contributed by atoms with Crippen LogP contribution in [0.3, 0.4) is 0 Å². The normalized spacial score (nSPS) is 15.8. The van der Waals surface area contributed by atoms with Crippen LogP contribution in [0.4, 0.5) is 0 Å². The van der Waals surface area contributed by atoms with E-state index in [1.54, 1.807) is 6.20 Å². The highest BCUT2D eigenvalue weighted by Gasteiger charge is 2.24. The molecule has 1 heterocycles. The van der Waals surface area contributed by atoms with Gasteiger partial charge in [0.15, 0.2) is 0 Å².